The molecular weight excluding hydrogens is 316 g/mol. The molecule has 5 nitrogen and oxygen atoms in total. The van der Waals surface area contributed by atoms with Gasteiger partial charge in [-0.1, -0.05) is 23.2 Å². The highest BCUT2D eigenvalue weighted by molar-refractivity contribution is 6.32. The number of halogens is 1. The fourth-order valence-corrected chi connectivity index (χ4v) is 2.26. The third-order valence-corrected chi connectivity index (χ3v) is 3.57. The number of methoxy groups -OCH3 is 1. The van der Waals surface area contributed by atoms with Crippen LogP contribution < -0.4 is 10.1 Å². The third kappa shape index (κ3) is 4.53. The van der Waals surface area contributed by atoms with Crippen molar-refractivity contribution in [3.8, 4) is 5.75 Å². The van der Waals surface area contributed by atoms with Crippen molar-refractivity contribution < 1.29 is 14.3 Å². The van der Waals surface area contributed by atoms with Crippen molar-refractivity contribution in [3.63, 3.8) is 0 Å². The Morgan fingerprint density at radius 2 is 2.04 bits per heavy atom. The van der Waals surface area contributed by atoms with Crippen LogP contribution in [0.15, 0.2) is 36.5 Å². The first-order chi connectivity index (χ1) is 11.0. The fourth-order valence-electron chi connectivity index (χ4n) is 2.09. The molecule has 1 heterocycles. The largest absolute Gasteiger partial charge is 0.496 e. The number of pyridine rings is 1. The quantitative estimate of drug-likeness (QED) is 0.647. The maximum absolute atomic E-state index is 12.3. The molecule has 0 spiro atoms. The van der Waals surface area contributed by atoms with Crippen molar-refractivity contribution in [3.05, 3.63) is 52.8 Å². The molecule has 0 fully saturated rings. The van der Waals surface area contributed by atoms with Crippen LogP contribution in [-0.2, 0) is 4.79 Å². The van der Waals surface area contributed by atoms with Crippen LogP contribution in [0.1, 0.15) is 28.8 Å². The highest BCUT2D eigenvalue weighted by Crippen LogP contribution is 2.22. The number of aryl methyl sites for hydroxylation is 1. The molecule has 0 aliphatic rings. The van der Waals surface area contributed by atoms with Crippen LogP contribution in [0.2, 0.25) is 5.15 Å². The van der Waals surface area contributed by atoms with E-state index < -0.39 is 0 Å². The zero-order valence-corrected chi connectivity index (χ0v) is 13.7. The second-order valence-corrected chi connectivity index (χ2v) is 5.37. The third-order valence-electron chi connectivity index (χ3n) is 3.27. The molecule has 1 amide bonds. The lowest BCUT2D eigenvalue weighted by Crippen LogP contribution is -2.14. The van der Waals surface area contributed by atoms with Crippen molar-refractivity contribution in [2.75, 3.05) is 12.4 Å². The first-order valence-electron chi connectivity index (χ1n) is 7.09. The van der Waals surface area contributed by atoms with Gasteiger partial charge in [-0.2, -0.15) is 0 Å². The molecule has 1 aromatic heterocycles. The first kappa shape index (κ1) is 17.0. The van der Waals surface area contributed by atoms with Gasteiger partial charge in [0, 0.05) is 19.0 Å². The van der Waals surface area contributed by atoms with E-state index >= 15 is 0 Å². The maximum Gasteiger partial charge on any atom is 0.224 e. The maximum atomic E-state index is 12.3. The van der Waals surface area contributed by atoms with Gasteiger partial charge in [0.05, 0.1) is 18.4 Å². The zero-order valence-electron chi connectivity index (χ0n) is 12.9. The molecule has 120 valence electrons. The summed E-state index contributed by atoms with van der Waals surface area (Å²) in [5, 5.41) is 2.86. The molecule has 2 aromatic rings. The summed E-state index contributed by atoms with van der Waals surface area (Å²) in [7, 11) is 1.51. The molecule has 0 saturated heterocycles. The summed E-state index contributed by atoms with van der Waals surface area (Å²) in [5.74, 6) is 0.0779. The number of benzene rings is 1. The summed E-state index contributed by atoms with van der Waals surface area (Å²) < 4.78 is 5.19. The summed E-state index contributed by atoms with van der Waals surface area (Å²) in [4.78, 5) is 28.1. The van der Waals surface area contributed by atoms with Gasteiger partial charge in [-0.25, -0.2) is 4.98 Å². The molecule has 0 unspecified atom stereocenters. The second-order valence-electron chi connectivity index (χ2n) is 5.02. The van der Waals surface area contributed by atoms with Crippen LogP contribution in [0.4, 0.5) is 5.69 Å². The van der Waals surface area contributed by atoms with Gasteiger partial charge in [0.1, 0.15) is 5.75 Å². The Hall–Kier alpha value is -2.40. The molecular formula is C17H17ClN2O3. The lowest BCUT2D eigenvalue weighted by atomic mass is 10.0. The predicted molar refractivity (Wildman–Crippen MR) is 89.2 cm³/mol. The number of nitrogens with zero attached hydrogens (tertiary/aromatic N) is 1. The van der Waals surface area contributed by atoms with Gasteiger partial charge in [-0.05, 0) is 31.2 Å². The summed E-state index contributed by atoms with van der Waals surface area (Å²) in [5.41, 5.74) is 1.88. The number of carbonyl (C=O) groups is 2. The number of Topliss-reactive ketones (excluding diaryl/α,β-unsaturated/α-hetero) is 1. The topological polar surface area (TPSA) is 68.3 Å². The average molecular weight is 333 g/mol. The van der Waals surface area contributed by atoms with E-state index in [-0.39, 0.29) is 29.7 Å². The molecule has 0 atom stereocenters. The summed E-state index contributed by atoms with van der Waals surface area (Å²) in [6.45, 7) is 1.90. The van der Waals surface area contributed by atoms with Gasteiger partial charge in [0.15, 0.2) is 10.9 Å². The number of rotatable bonds is 6. The highest BCUT2D eigenvalue weighted by Gasteiger charge is 2.15. The number of aromatic nitrogens is 1. The molecule has 0 saturated carbocycles. The van der Waals surface area contributed by atoms with E-state index in [4.69, 9.17) is 16.3 Å². The summed E-state index contributed by atoms with van der Waals surface area (Å²) in [6.07, 6.45) is 1.68. The van der Waals surface area contributed by atoms with Gasteiger partial charge in [0.25, 0.3) is 0 Å². The molecule has 1 N–H and O–H groups in total. The second kappa shape index (κ2) is 7.74. The van der Waals surface area contributed by atoms with E-state index in [2.05, 4.69) is 10.3 Å². The van der Waals surface area contributed by atoms with Crippen molar-refractivity contribution in [1.82, 2.24) is 4.98 Å². The predicted octanol–water partition coefficient (Wildman–Crippen LogP) is 3.65. The lowest BCUT2D eigenvalue weighted by Gasteiger charge is -2.09. The number of ketones is 1. The van der Waals surface area contributed by atoms with E-state index in [0.29, 0.717) is 17.0 Å². The molecule has 2 rings (SSSR count). The number of hydrogen-bond acceptors (Lipinski definition) is 4. The number of hydrogen-bond donors (Lipinski definition) is 1. The van der Waals surface area contributed by atoms with Gasteiger partial charge < -0.3 is 10.1 Å². The van der Waals surface area contributed by atoms with E-state index in [1.54, 1.807) is 24.3 Å². The number of amides is 1. The van der Waals surface area contributed by atoms with Crippen molar-refractivity contribution in [2.45, 2.75) is 19.8 Å². The monoisotopic (exact) mass is 332 g/mol. The Kier molecular flexibility index (Phi) is 5.71. The Balaban J connectivity index is 1.98. The van der Waals surface area contributed by atoms with Crippen molar-refractivity contribution in [2.24, 2.45) is 0 Å². The summed E-state index contributed by atoms with van der Waals surface area (Å²) in [6, 6.07) is 8.70. The molecule has 1 aromatic carbocycles. The van der Waals surface area contributed by atoms with Crippen molar-refractivity contribution >= 4 is 29.0 Å². The highest BCUT2D eigenvalue weighted by atomic mass is 35.5. The van der Waals surface area contributed by atoms with Crippen LogP contribution in [0.5, 0.6) is 5.75 Å². The van der Waals surface area contributed by atoms with Crippen LogP contribution in [0.3, 0.4) is 0 Å². The lowest BCUT2D eigenvalue weighted by molar-refractivity contribution is -0.116. The standard InChI is InChI=1S/C17H17ClN2O3/c1-11-5-7-15(23-2)12(10-11)14(21)6-8-16(22)20-13-4-3-9-19-17(13)18/h3-5,7,9-10H,6,8H2,1-2H3,(H,20,22). The smallest absolute Gasteiger partial charge is 0.224 e. The first-order valence-corrected chi connectivity index (χ1v) is 7.47. The van der Waals surface area contributed by atoms with Crippen LogP contribution in [0.25, 0.3) is 0 Å². The number of carbonyl (C=O) groups excluding carboxylic acids is 2. The number of anilines is 1. The SMILES string of the molecule is COc1ccc(C)cc1C(=O)CCC(=O)Nc1cccnc1Cl. The Bertz CT molecular complexity index is 732. The number of nitrogens with one attached hydrogen (secondary N) is 1. The van der Waals surface area contributed by atoms with Gasteiger partial charge in [-0.3, -0.25) is 9.59 Å². The summed E-state index contributed by atoms with van der Waals surface area (Å²) >= 11 is 5.87. The van der Waals surface area contributed by atoms with E-state index in [1.807, 2.05) is 13.0 Å². The van der Waals surface area contributed by atoms with Gasteiger partial charge in [0.2, 0.25) is 5.91 Å². The average Bonchev–Trinajstić information content (AvgIpc) is 2.54. The minimum atomic E-state index is -0.292. The molecule has 0 aliphatic heterocycles. The molecule has 0 bridgehead atoms. The fraction of sp³-hybridized carbons (Fsp3) is 0.235. The van der Waals surface area contributed by atoms with Crippen LogP contribution >= 0.6 is 11.6 Å². The van der Waals surface area contributed by atoms with E-state index in [9.17, 15) is 9.59 Å². The Morgan fingerprint density at radius 3 is 2.74 bits per heavy atom. The van der Waals surface area contributed by atoms with Gasteiger partial charge >= 0.3 is 0 Å². The molecule has 6 heteroatoms. The molecule has 23 heavy (non-hydrogen) atoms. The minimum absolute atomic E-state index is 0.0567. The molecule has 0 aliphatic carbocycles. The Morgan fingerprint density at radius 1 is 1.26 bits per heavy atom. The van der Waals surface area contributed by atoms with Gasteiger partial charge in [-0.15, -0.1) is 0 Å². The minimum Gasteiger partial charge on any atom is -0.496 e. The Labute approximate surface area is 139 Å². The van der Waals surface area contributed by atoms with Crippen molar-refractivity contribution in [1.29, 1.82) is 0 Å². The normalized spacial score (nSPS) is 10.2. The van der Waals surface area contributed by atoms with E-state index in [0.717, 1.165) is 5.56 Å². The van der Waals surface area contributed by atoms with Crippen LogP contribution in [0, 0.1) is 6.92 Å². The number of ether oxygens (including phenoxy) is 1. The zero-order chi connectivity index (χ0) is 16.8. The van der Waals surface area contributed by atoms with Crippen LogP contribution in [-0.4, -0.2) is 23.8 Å². The van der Waals surface area contributed by atoms with E-state index in [1.165, 1.54) is 13.3 Å². The molecule has 0 radical (unpaired) electrons.